The minimum absolute atomic E-state index is 0.0377. The summed E-state index contributed by atoms with van der Waals surface area (Å²) in [6.45, 7) is 8.09. The molecule has 0 spiro atoms. The van der Waals surface area contributed by atoms with E-state index in [0.717, 1.165) is 23.1 Å². The highest BCUT2D eigenvalue weighted by molar-refractivity contribution is 5.88. The van der Waals surface area contributed by atoms with E-state index in [1.165, 1.54) is 12.1 Å². The molecule has 2 aromatic rings. The molecule has 156 valence electrons. The maximum Gasteiger partial charge on any atom is 0.243 e. The van der Waals surface area contributed by atoms with E-state index in [0.29, 0.717) is 6.42 Å². The molecule has 0 heterocycles. The van der Waals surface area contributed by atoms with Crippen LogP contribution in [0.1, 0.15) is 50.3 Å². The molecule has 29 heavy (non-hydrogen) atoms. The van der Waals surface area contributed by atoms with Crippen molar-refractivity contribution in [1.29, 1.82) is 0 Å². The van der Waals surface area contributed by atoms with Crippen molar-refractivity contribution in [3.05, 3.63) is 71.0 Å². The fourth-order valence-electron chi connectivity index (χ4n) is 3.22. The Hall–Kier alpha value is -2.69. The van der Waals surface area contributed by atoms with E-state index < -0.39 is 6.04 Å². The monoisotopic (exact) mass is 398 g/mol. The van der Waals surface area contributed by atoms with Crippen LogP contribution in [-0.4, -0.2) is 28.8 Å². The molecular formula is C24H31FN2O2. The summed E-state index contributed by atoms with van der Waals surface area (Å²) < 4.78 is 13.3. The van der Waals surface area contributed by atoms with Crippen molar-refractivity contribution in [2.24, 2.45) is 0 Å². The summed E-state index contributed by atoms with van der Waals surface area (Å²) in [6, 6.07) is 13.3. The predicted molar refractivity (Wildman–Crippen MR) is 114 cm³/mol. The molecule has 0 aromatic heterocycles. The number of nitrogens with one attached hydrogen (secondary N) is 1. The third kappa shape index (κ3) is 6.41. The first-order chi connectivity index (χ1) is 13.8. The van der Waals surface area contributed by atoms with Crippen molar-refractivity contribution in [3.8, 4) is 0 Å². The highest BCUT2D eigenvalue weighted by atomic mass is 19.1. The molecule has 4 nitrogen and oxygen atoms in total. The normalized spacial score (nSPS) is 12.9. The van der Waals surface area contributed by atoms with Gasteiger partial charge in [0.2, 0.25) is 11.8 Å². The zero-order valence-electron chi connectivity index (χ0n) is 17.7. The van der Waals surface area contributed by atoms with Crippen LogP contribution in [0.15, 0.2) is 48.5 Å². The van der Waals surface area contributed by atoms with E-state index in [2.05, 4.69) is 5.32 Å². The number of rotatable bonds is 9. The fraction of sp³-hybridized carbons (Fsp3) is 0.417. The SMILES string of the molecule is CC[C@@H](C)NC(=O)[C@@H](CC)N(Cc1ccc(F)cc1)C(=O)Cc1ccccc1C. The number of halogens is 1. The van der Waals surface area contributed by atoms with Gasteiger partial charge in [-0.2, -0.15) is 0 Å². The highest BCUT2D eigenvalue weighted by Crippen LogP contribution is 2.17. The van der Waals surface area contributed by atoms with Crippen LogP contribution in [0.25, 0.3) is 0 Å². The highest BCUT2D eigenvalue weighted by Gasteiger charge is 2.29. The number of aryl methyl sites for hydroxylation is 1. The molecular weight excluding hydrogens is 367 g/mol. The smallest absolute Gasteiger partial charge is 0.243 e. The van der Waals surface area contributed by atoms with Gasteiger partial charge in [0.15, 0.2) is 0 Å². The quantitative estimate of drug-likeness (QED) is 0.681. The second kappa shape index (κ2) is 10.7. The van der Waals surface area contributed by atoms with Crippen molar-refractivity contribution in [2.75, 3.05) is 0 Å². The van der Waals surface area contributed by atoms with Crippen LogP contribution in [0.5, 0.6) is 0 Å². The average molecular weight is 399 g/mol. The van der Waals surface area contributed by atoms with Gasteiger partial charge in [0.25, 0.3) is 0 Å². The first-order valence-corrected chi connectivity index (χ1v) is 10.2. The molecule has 0 unspecified atom stereocenters. The summed E-state index contributed by atoms with van der Waals surface area (Å²) in [4.78, 5) is 27.8. The number of amides is 2. The summed E-state index contributed by atoms with van der Waals surface area (Å²) in [5.74, 6) is -0.593. The van der Waals surface area contributed by atoms with Crippen LogP contribution in [0.4, 0.5) is 4.39 Å². The Balaban J connectivity index is 2.29. The number of hydrogen-bond donors (Lipinski definition) is 1. The third-order valence-corrected chi connectivity index (χ3v) is 5.26. The van der Waals surface area contributed by atoms with Gasteiger partial charge >= 0.3 is 0 Å². The topological polar surface area (TPSA) is 49.4 Å². The van der Waals surface area contributed by atoms with Gasteiger partial charge < -0.3 is 10.2 Å². The molecule has 2 rings (SSSR count). The number of hydrogen-bond acceptors (Lipinski definition) is 2. The van der Waals surface area contributed by atoms with Gasteiger partial charge in [-0.05, 0) is 55.5 Å². The minimum atomic E-state index is -0.578. The van der Waals surface area contributed by atoms with E-state index in [4.69, 9.17) is 0 Å². The number of benzene rings is 2. The Morgan fingerprint density at radius 3 is 2.28 bits per heavy atom. The molecule has 0 aliphatic carbocycles. The van der Waals surface area contributed by atoms with E-state index in [-0.39, 0.29) is 36.6 Å². The van der Waals surface area contributed by atoms with Crippen LogP contribution in [0, 0.1) is 12.7 Å². The lowest BCUT2D eigenvalue weighted by Crippen LogP contribution is -2.51. The molecule has 0 aliphatic rings. The second-order valence-electron chi connectivity index (χ2n) is 7.49. The predicted octanol–water partition coefficient (Wildman–Crippen LogP) is 4.40. The molecule has 0 aliphatic heterocycles. The van der Waals surface area contributed by atoms with Gasteiger partial charge in [0, 0.05) is 12.6 Å². The van der Waals surface area contributed by atoms with E-state index >= 15 is 0 Å². The summed E-state index contributed by atoms with van der Waals surface area (Å²) in [5, 5.41) is 2.99. The molecule has 1 N–H and O–H groups in total. The zero-order valence-corrected chi connectivity index (χ0v) is 17.7. The Kier molecular flexibility index (Phi) is 8.37. The largest absolute Gasteiger partial charge is 0.352 e. The summed E-state index contributed by atoms with van der Waals surface area (Å²) in [7, 11) is 0. The lowest BCUT2D eigenvalue weighted by molar-refractivity contribution is -0.141. The molecule has 2 aromatic carbocycles. The number of carbonyl (C=O) groups is 2. The van der Waals surface area contributed by atoms with Gasteiger partial charge in [-0.3, -0.25) is 9.59 Å². The molecule has 0 bridgehead atoms. The summed E-state index contributed by atoms with van der Waals surface area (Å²) in [5.41, 5.74) is 2.78. The maximum absolute atomic E-state index is 13.3. The summed E-state index contributed by atoms with van der Waals surface area (Å²) >= 11 is 0. The van der Waals surface area contributed by atoms with Crippen LogP contribution in [-0.2, 0) is 22.6 Å². The molecule has 2 amide bonds. The van der Waals surface area contributed by atoms with Gasteiger partial charge in [-0.25, -0.2) is 4.39 Å². The van der Waals surface area contributed by atoms with Gasteiger partial charge in [-0.1, -0.05) is 50.2 Å². The number of nitrogens with zero attached hydrogens (tertiary/aromatic N) is 1. The zero-order chi connectivity index (χ0) is 21.4. The lowest BCUT2D eigenvalue weighted by atomic mass is 10.0. The van der Waals surface area contributed by atoms with Gasteiger partial charge in [0.05, 0.1) is 6.42 Å². The van der Waals surface area contributed by atoms with Crippen molar-refractivity contribution in [3.63, 3.8) is 0 Å². The first-order valence-electron chi connectivity index (χ1n) is 10.2. The Labute approximate surface area is 173 Å². The number of carbonyl (C=O) groups excluding carboxylic acids is 2. The van der Waals surface area contributed by atoms with Crippen LogP contribution in [0.2, 0.25) is 0 Å². The van der Waals surface area contributed by atoms with Crippen molar-refractivity contribution in [2.45, 2.75) is 65.6 Å². The molecule has 5 heteroatoms. The third-order valence-electron chi connectivity index (χ3n) is 5.26. The van der Waals surface area contributed by atoms with Crippen molar-refractivity contribution < 1.29 is 14.0 Å². The van der Waals surface area contributed by atoms with Crippen molar-refractivity contribution in [1.82, 2.24) is 10.2 Å². The molecule has 0 saturated carbocycles. The Bertz CT molecular complexity index is 820. The fourth-order valence-corrected chi connectivity index (χ4v) is 3.22. The maximum atomic E-state index is 13.3. The molecule has 0 fully saturated rings. The molecule has 0 radical (unpaired) electrons. The Morgan fingerprint density at radius 2 is 1.69 bits per heavy atom. The Morgan fingerprint density at radius 1 is 1.03 bits per heavy atom. The van der Waals surface area contributed by atoms with Crippen LogP contribution >= 0.6 is 0 Å². The molecule has 2 atom stereocenters. The van der Waals surface area contributed by atoms with E-state index in [9.17, 15) is 14.0 Å². The van der Waals surface area contributed by atoms with Crippen LogP contribution < -0.4 is 5.32 Å². The minimum Gasteiger partial charge on any atom is -0.352 e. The lowest BCUT2D eigenvalue weighted by Gasteiger charge is -2.31. The van der Waals surface area contributed by atoms with E-state index in [1.54, 1.807) is 17.0 Å². The second-order valence-corrected chi connectivity index (χ2v) is 7.49. The van der Waals surface area contributed by atoms with Gasteiger partial charge in [0.1, 0.15) is 11.9 Å². The average Bonchev–Trinajstić information content (AvgIpc) is 2.70. The van der Waals surface area contributed by atoms with E-state index in [1.807, 2.05) is 52.0 Å². The van der Waals surface area contributed by atoms with Crippen LogP contribution in [0.3, 0.4) is 0 Å². The first kappa shape index (κ1) is 22.6. The molecule has 0 saturated heterocycles. The van der Waals surface area contributed by atoms with Gasteiger partial charge in [-0.15, -0.1) is 0 Å². The standard InChI is InChI=1S/C24H31FN2O2/c1-5-18(4)26-24(29)22(6-2)27(16-19-11-13-21(25)14-12-19)23(28)15-20-10-8-7-9-17(20)3/h7-14,18,22H,5-6,15-16H2,1-4H3,(H,26,29)/t18-,22-/m1/s1. The van der Waals surface area contributed by atoms with Crippen molar-refractivity contribution >= 4 is 11.8 Å². The summed E-state index contributed by atoms with van der Waals surface area (Å²) in [6.07, 6.45) is 1.54.